The lowest BCUT2D eigenvalue weighted by molar-refractivity contribution is 0.0939. The summed E-state index contributed by atoms with van der Waals surface area (Å²) in [6.45, 7) is 6.50. The van der Waals surface area contributed by atoms with Crippen LogP contribution in [0.25, 0.3) is 22.0 Å². The molecule has 4 aromatic rings. The summed E-state index contributed by atoms with van der Waals surface area (Å²) >= 11 is 0. The SMILES string of the molecule is CC(C)C(=O)c1ccc(CNCc2ccc(-c3ccc4c(cnn4CC4CC4)c3)cc2)cc1.[HH]. The van der Waals surface area contributed by atoms with Crippen molar-refractivity contribution < 1.29 is 6.22 Å². The Bertz CT molecular complexity index is 1260. The number of nitrogens with one attached hydrogen (secondary N) is 1. The molecule has 0 spiro atoms. The molecular weight excluding hydrogens is 406 g/mol. The maximum atomic E-state index is 12.1. The van der Waals surface area contributed by atoms with Gasteiger partial charge in [-0.1, -0.05) is 68.4 Å². The monoisotopic (exact) mass is 439 g/mol. The van der Waals surface area contributed by atoms with E-state index in [9.17, 15) is 4.79 Å². The molecule has 0 amide bonds. The Morgan fingerprint density at radius 1 is 0.970 bits per heavy atom. The van der Waals surface area contributed by atoms with Crippen LogP contribution in [0, 0.1) is 11.8 Å². The molecule has 1 saturated carbocycles. The van der Waals surface area contributed by atoms with Crippen LogP contribution in [0.1, 0.15) is 49.6 Å². The van der Waals surface area contributed by atoms with Gasteiger partial charge in [-0.15, -0.1) is 0 Å². The highest BCUT2D eigenvalue weighted by Crippen LogP contribution is 2.32. The molecule has 0 radical (unpaired) electrons. The number of hydrogen-bond donors (Lipinski definition) is 1. The van der Waals surface area contributed by atoms with Gasteiger partial charge in [-0.25, -0.2) is 0 Å². The number of rotatable bonds is 9. The maximum absolute atomic E-state index is 12.1. The van der Waals surface area contributed by atoms with E-state index in [0.29, 0.717) is 0 Å². The fourth-order valence-electron chi connectivity index (χ4n) is 4.24. The van der Waals surface area contributed by atoms with Gasteiger partial charge in [0.25, 0.3) is 0 Å². The van der Waals surface area contributed by atoms with Crippen molar-refractivity contribution in [3.05, 3.63) is 89.6 Å². The minimum Gasteiger partial charge on any atom is -0.309 e. The predicted octanol–water partition coefficient (Wildman–Crippen LogP) is 6.49. The molecular formula is C29H33N3O. The first-order chi connectivity index (χ1) is 16.1. The Morgan fingerprint density at radius 3 is 2.24 bits per heavy atom. The highest BCUT2D eigenvalue weighted by molar-refractivity contribution is 5.97. The number of hydrogen-bond acceptors (Lipinski definition) is 3. The standard InChI is InChI=1S/C29H31N3O.H2/c1-20(2)29(33)25-11-7-22(8-12-25)17-30-16-21-5-9-24(10-6-21)26-13-14-28-27(15-26)18-31-32(28)19-23-3-4-23;/h5-15,18,20,23,30H,3-4,16-17,19H2,1-2H3;1H. The summed E-state index contributed by atoms with van der Waals surface area (Å²) in [5, 5.41) is 9.30. The van der Waals surface area contributed by atoms with Crippen molar-refractivity contribution in [3.8, 4) is 11.1 Å². The third-order valence-electron chi connectivity index (χ3n) is 6.48. The van der Waals surface area contributed by atoms with Gasteiger partial charge in [0.05, 0.1) is 11.7 Å². The number of fused-ring (bicyclic) bond motifs is 1. The Kier molecular flexibility index (Phi) is 6.10. The van der Waals surface area contributed by atoms with Gasteiger partial charge in [-0.2, -0.15) is 5.10 Å². The molecule has 1 aliphatic rings. The second kappa shape index (κ2) is 9.32. The average molecular weight is 440 g/mol. The van der Waals surface area contributed by atoms with E-state index in [0.717, 1.165) is 31.1 Å². The van der Waals surface area contributed by atoms with E-state index >= 15 is 0 Å². The summed E-state index contributed by atoms with van der Waals surface area (Å²) < 4.78 is 2.15. The van der Waals surface area contributed by atoms with Crippen molar-refractivity contribution in [2.75, 3.05) is 0 Å². The smallest absolute Gasteiger partial charge is 0.165 e. The fourth-order valence-corrected chi connectivity index (χ4v) is 4.24. The Morgan fingerprint density at radius 2 is 1.61 bits per heavy atom. The van der Waals surface area contributed by atoms with E-state index in [1.165, 1.54) is 46.0 Å². The van der Waals surface area contributed by atoms with Gasteiger partial charge in [0.15, 0.2) is 5.78 Å². The predicted molar refractivity (Wildman–Crippen MR) is 136 cm³/mol. The zero-order chi connectivity index (χ0) is 22.8. The Hall–Kier alpha value is -3.24. The van der Waals surface area contributed by atoms with Gasteiger partial charge in [0.1, 0.15) is 0 Å². The van der Waals surface area contributed by atoms with E-state index in [1.54, 1.807) is 0 Å². The molecule has 3 aromatic carbocycles. The largest absolute Gasteiger partial charge is 0.309 e. The highest BCUT2D eigenvalue weighted by Gasteiger charge is 2.22. The van der Waals surface area contributed by atoms with E-state index < -0.39 is 0 Å². The summed E-state index contributed by atoms with van der Waals surface area (Å²) in [6, 6.07) is 23.3. The van der Waals surface area contributed by atoms with Gasteiger partial charge >= 0.3 is 0 Å². The van der Waals surface area contributed by atoms with E-state index in [2.05, 4.69) is 57.6 Å². The topological polar surface area (TPSA) is 46.9 Å². The number of Topliss-reactive ketones (excluding diaryl/α,β-unsaturated/α-hetero) is 1. The summed E-state index contributed by atoms with van der Waals surface area (Å²) in [6.07, 6.45) is 4.67. The molecule has 33 heavy (non-hydrogen) atoms. The molecule has 1 fully saturated rings. The third-order valence-corrected chi connectivity index (χ3v) is 6.48. The minimum atomic E-state index is 0. The van der Waals surface area contributed by atoms with Gasteiger partial charge < -0.3 is 5.32 Å². The number of ketones is 1. The molecule has 0 unspecified atom stereocenters. The summed E-state index contributed by atoms with van der Waals surface area (Å²) in [7, 11) is 0. The lowest BCUT2D eigenvalue weighted by Gasteiger charge is -2.09. The van der Waals surface area contributed by atoms with Crippen LogP contribution < -0.4 is 5.32 Å². The summed E-state index contributed by atoms with van der Waals surface area (Å²) in [4.78, 5) is 12.1. The second-order valence-corrected chi connectivity index (χ2v) is 9.56. The average Bonchev–Trinajstić information content (AvgIpc) is 3.57. The fraction of sp³-hybridized carbons (Fsp3) is 0.310. The molecule has 1 N–H and O–H groups in total. The first-order valence-corrected chi connectivity index (χ1v) is 12.0. The number of nitrogens with zero attached hydrogens (tertiary/aromatic N) is 2. The molecule has 0 aliphatic heterocycles. The normalized spacial score (nSPS) is 13.7. The van der Waals surface area contributed by atoms with Crippen LogP contribution in [0.4, 0.5) is 0 Å². The number of benzene rings is 3. The van der Waals surface area contributed by atoms with Crippen LogP contribution in [0.15, 0.2) is 72.9 Å². The zero-order valence-electron chi connectivity index (χ0n) is 19.4. The molecule has 5 rings (SSSR count). The van der Waals surface area contributed by atoms with Crippen LogP contribution >= 0.6 is 0 Å². The third kappa shape index (κ3) is 5.07. The number of carbonyl (C=O) groups is 1. The Labute approximate surface area is 197 Å². The lowest BCUT2D eigenvalue weighted by atomic mass is 10.00. The van der Waals surface area contributed by atoms with Crippen LogP contribution in [0.2, 0.25) is 0 Å². The number of aromatic nitrogens is 2. The van der Waals surface area contributed by atoms with E-state index in [1.807, 2.05) is 44.3 Å². The Balaban J connectivity index is 0.00000274. The summed E-state index contributed by atoms with van der Waals surface area (Å²) in [5.41, 5.74) is 6.90. The van der Waals surface area contributed by atoms with Gasteiger partial charge in [-0.3, -0.25) is 9.48 Å². The van der Waals surface area contributed by atoms with Crippen LogP contribution in [0.5, 0.6) is 0 Å². The van der Waals surface area contributed by atoms with Crippen molar-refractivity contribution in [2.45, 2.75) is 46.3 Å². The van der Waals surface area contributed by atoms with Crippen LogP contribution in [-0.2, 0) is 19.6 Å². The van der Waals surface area contributed by atoms with Gasteiger partial charge in [0, 0.05) is 37.9 Å². The molecule has 0 atom stereocenters. The molecule has 1 heterocycles. The van der Waals surface area contributed by atoms with Crippen molar-refractivity contribution in [1.29, 1.82) is 0 Å². The molecule has 0 saturated heterocycles. The summed E-state index contributed by atoms with van der Waals surface area (Å²) in [5.74, 6) is 1.05. The minimum absolute atomic E-state index is 0. The molecule has 1 aromatic heterocycles. The second-order valence-electron chi connectivity index (χ2n) is 9.56. The molecule has 1 aliphatic carbocycles. The first-order valence-electron chi connectivity index (χ1n) is 12.0. The zero-order valence-corrected chi connectivity index (χ0v) is 19.4. The van der Waals surface area contributed by atoms with E-state index in [4.69, 9.17) is 0 Å². The highest BCUT2D eigenvalue weighted by atomic mass is 16.1. The first kappa shape index (κ1) is 21.6. The van der Waals surface area contributed by atoms with E-state index in [-0.39, 0.29) is 13.1 Å². The van der Waals surface area contributed by atoms with Crippen molar-refractivity contribution in [2.24, 2.45) is 11.8 Å². The number of carbonyl (C=O) groups excluding carboxylic acids is 1. The lowest BCUT2D eigenvalue weighted by Crippen LogP contribution is -2.13. The van der Waals surface area contributed by atoms with Gasteiger partial charge in [-0.05, 0) is 53.1 Å². The molecule has 0 bridgehead atoms. The quantitative estimate of drug-likeness (QED) is 0.303. The van der Waals surface area contributed by atoms with Crippen LogP contribution in [-0.4, -0.2) is 15.6 Å². The van der Waals surface area contributed by atoms with Crippen molar-refractivity contribution in [3.63, 3.8) is 0 Å². The molecule has 4 nitrogen and oxygen atoms in total. The van der Waals surface area contributed by atoms with Gasteiger partial charge in [0.2, 0.25) is 0 Å². The van der Waals surface area contributed by atoms with Crippen molar-refractivity contribution in [1.82, 2.24) is 15.1 Å². The molecule has 4 heteroatoms. The van der Waals surface area contributed by atoms with Crippen molar-refractivity contribution >= 4 is 16.7 Å². The maximum Gasteiger partial charge on any atom is 0.165 e. The molecule has 170 valence electrons. The van der Waals surface area contributed by atoms with Crippen LogP contribution in [0.3, 0.4) is 0 Å².